The Morgan fingerprint density at radius 3 is 1.65 bits per heavy atom. The second-order valence-corrected chi connectivity index (χ2v) is 27.1. The van der Waals surface area contributed by atoms with Crippen LogP contribution in [0.4, 0.5) is 20.2 Å². The van der Waals surface area contributed by atoms with Gasteiger partial charge in [0.1, 0.15) is 24.1 Å². The summed E-state index contributed by atoms with van der Waals surface area (Å²) in [5.74, 6) is 0.869. The number of imidazole rings is 2. The zero-order valence-corrected chi connectivity index (χ0v) is 46.5. The lowest BCUT2D eigenvalue weighted by Gasteiger charge is -2.15. The molecule has 0 saturated carbocycles. The van der Waals surface area contributed by atoms with E-state index in [0.717, 1.165) is 59.0 Å². The number of amides is 2. The van der Waals surface area contributed by atoms with Crippen molar-refractivity contribution in [3.63, 3.8) is 0 Å². The summed E-state index contributed by atoms with van der Waals surface area (Å²) in [6.45, 7) is 8.10. The van der Waals surface area contributed by atoms with Crippen molar-refractivity contribution < 1.29 is 32.6 Å². The smallest absolute Gasteiger partial charge is 0.230 e. The van der Waals surface area contributed by atoms with Gasteiger partial charge in [-0.15, -0.1) is 22.7 Å². The maximum atomic E-state index is 15.1. The summed E-state index contributed by atoms with van der Waals surface area (Å²) in [5.41, 5.74) is 3.96. The van der Waals surface area contributed by atoms with Crippen LogP contribution in [0.5, 0.6) is 23.0 Å². The number of benzene rings is 4. The van der Waals surface area contributed by atoms with E-state index in [0.29, 0.717) is 36.2 Å². The van der Waals surface area contributed by atoms with Gasteiger partial charge in [-0.25, -0.2) is 18.7 Å². The minimum absolute atomic E-state index is 0.0457. The first kappa shape index (κ1) is 54.7. The van der Waals surface area contributed by atoms with Crippen LogP contribution in [0.25, 0.3) is 41.8 Å². The fourth-order valence-corrected chi connectivity index (χ4v) is 10.9. The molecule has 10 aromatic rings. The number of aromatic nitrogens is 6. The highest BCUT2D eigenvalue weighted by Crippen LogP contribution is 2.41. The van der Waals surface area contributed by atoms with E-state index >= 15 is 4.39 Å². The molecule has 78 heavy (non-hydrogen) atoms. The Labute approximate surface area is 467 Å². The van der Waals surface area contributed by atoms with Gasteiger partial charge in [0.15, 0.2) is 39.2 Å². The van der Waals surface area contributed by atoms with E-state index in [4.69, 9.17) is 38.6 Å². The molecule has 6 heterocycles. The summed E-state index contributed by atoms with van der Waals surface area (Å²) < 4.78 is 51.3. The van der Waals surface area contributed by atoms with Gasteiger partial charge in [-0.3, -0.25) is 19.6 Å². The van der Waals surface area contributed by atoms with Gasteiger partial charge in [-0.05, 0) is 78.0 Å². The summed E-state index contributed by atoms with van der Waals surface area (Å²) in [4.78, 5) is 47.0. The van der Waals surface area contributed by atoms with Gasteiger partial charge < -0.3 is 45.0 Å². The minimum atomic E-state index is -1.17. The van der Waals surface area contributed by atoms with Crippen molar-refractivity contribution in [2.45, 2.75) is 45.3 Å². The Hall–Kier alpha value is -8.12. The van der Waals surface area contributed by atoms with E-state index in [1.165, 1.54) is 46.9 Å². The summed E-state index contributed by atoms with van der Waals surface area (Å²) in [5, 5.41) is 11.1. The lowest BCUT2D eigenvalue weighted by Crippen LogP contribution is -2.35. The summed E-state index contributed by atoms with van der Waals surface area (Å²) in [6, 6.07) is 35.8. The lowest BCUT2D eigenvalue weighted by molar-refractivity contribution is -0.119. The Bertz CT molecular complexity index is 3720. The van der Waals surface area contributed by atoms with Gasteiger partial charge >= 0.3 is 0 Å². The number of hydrogen-bond acceptors (Lipinski definition) is 13. The molecule has 0 saturated heterocycles. The molecule has 0 aliphatic heterocycles. The van der Waals surface area contributed by atoms with E-state index in [9.17, 15) is 14.0 Å². The average molecular weight is 1140 g/mol. The monoisotopic (exact) mass is 1140 g/mol. The second-order valence-electron chi connectivity index (χ2n) is 18.6. The van der Waals surface area contributed by atoms with Crippen LogP contribution < -0.4 is 30.7 Å². The quantitative estimate of drug-likeness (QED) is 0.0330. The van der Waals surface area contributed by atoms with Crippen molar-refractivity contribution in [1.82, 2.24) is 40.1 Å². The van der Waals surface area contributed by atoms with Crippen molar-refractivity contribution in [1.29, 1.82) is 0 Å². The van der Waals surface area contributed by atoms with Crippen molar-refractivity contribution >= 4 is 109 Å². The van der Waals surface area contributed by atoms with Crippen LogP contribution in [0.3, 0.4) is 0 Å². The SMILES string of the molecule is C[Si](C)(C)CCOCn1ccnc1-c1cc2nccc(Oc3ccc(NC(=S)NC(=O)Cc4ccccc4)cc3F)c2s1.O=C(Cc1ccccc1)NC(=S)Nc1ccc(Oc2ccnc3cc(-c4ncc[nH]4)sc23)c(F)c1. The van der Waals surface area contributed by atoms with Gasteiger partial charge in [-0.1, -0.05) is 80.3 Å². The number of pyridine rings is 2. The number of rotatable bonds is 17. The van der Waals surface area contributed by atoms with Crippen LogP contribution in [-0.4, -0.2) is 66.2 Å². The van der Waals surface area contributed by atoms with Crippen molar-refractivity contribution in [3.05, 3.63) is 181 Å². The third-order valence-corrected chi connectivity index (χ3v) is 15.8. The molecule has 6 aromatic heterocycles. The molecule has 22 heteroatoms. The van der Waals surface area contributed by atoms with Crippen molar-refractivity contribution in [3.8, 4) is 44.4 Å². The zero-order chi connectivity index (χ0) is 54.6. The van der Waals surface area contributed by atoms with Crippen LogP contribution in [-0.2, 0) is 33.9 Å². The molecule has 0 unspecified atom stereocenters. The fourth-order valence-electron chi connectivity index (χ4n) is 7.59. The minimum Gasteiger partial charge on any atom is -0.453 e. The van der Waals surface area contributed by atoms with Crippen LogP contribution in [0.2, 0.25) is 25.7 Å². The number of anilines is 2. The first-order valence-corrected chi connectivity index (χ1v) is 30.5. The maximum Gasteiger partial charge on any atom is 0.230 e. The van der Waals surface area contributed by atoms with E-state index in [1.54, 1.807) is 55.2 Å². The molecular formula is C56H50F2N10O5S4Si. The predicted molar refractivity (Wildman–Crippen MR) is 314 cm³/mol. The first-order valence-electron chi connectivity index (χ1n) is 24.3. The molecule has 396 valence electrons. The van der Waals surface area contributed by atoms with E-state index in [1.807, 2.05) is 83.6 Å². The average Bonchev–Trinajstić information content (AvgIpc) is 4.37. The van der Waals surface area contributed by atoms with Crippen LogP contribution in [0.1, 0.15) is 11.1 Å². The van der Waals surface area contributed by atoms with E-state index < -0.39 is 19.7 Å². The van der Waals surface area contributed by atoms with Crippen molar-refractivity contribution in [2.75, 3.05) is 17.2 Å². The number of thiophene rings is 2. The number of hydrogen-bond donors (Lipinski definition) is 5. The number of carbonyl (C=O) groups excluding carboxylic acids is 2. The molecule has 0 spiro atoms. The molecule has 0 bridgehead atoms. The number of nitrogens with zero attached hydrogens (tertiary/aromatic N) is 5. The molecule has 0 atom stereocenters. The third-order valence-electron chi connectivity index (χ3n) is 11.4. The lowest BCUT2D eigenvalue weighted by atomic mass is 10.1. The van der Waals surface area contributed by atoms with Crippen LogP contribution in [0, 0.1) is 11.6 Å². The number of ether oxygens (including phenoxy) is 3. The predicted octanol–water partition coefficient (Wildman–Crippen LogP) is 13.1. The van der Waals surface area contributed by atoms with Crippen molar-refractivity contribution in [2.24, 2.45) is 0 Å². The first-order chi connectivity index (χ1) is 37.7. The molecule has 0 aliphatic rings. The van der Waals surface area contributed by atoms with Gasteiger partial charge in [0, 0.05) is 87.5 Å². The molecule has 0 fully saturated rings. The Kier molecular flexibility index (Phi) is 17.8. The molecule has 2 amide bonds. The van der Waals surface area contributed by atoms with Gasteiger partial charge in [0.25, 0.3) is 0 Å². The summed E-state index contributed by atoms with van der Waals surface area (Å²) in [6.07, 6.45) is 10.7. The summed E-state index contributed by atoms with van der Waals surface area (Å²) in [7, 11) is -1.17. The van der Waals surface area contributed by atoms with Crippen LogP contribution in [0.15, 0.2) is 159 Å². The normalized spacial score (nSPS) is 11.1. The standard InChI is InChI=1S/C31H32FN5O3S2Si.C25H18FN5O2S2/c1-43(2,3)16-15-39-20-37-14-13-34-30(37)27-19-24-29(42-27)26(11-12-33-24)40-25-10-9-22(18-23(25)32)35-31(41)36-28(38)17-21-7-5-4-6-8-21;26-17-13-16(30-25(34)31-22(32)12-15-4-2-1-3-5-15)6-7-19(17)33-20-8-9-27-18-14-21(35-23(18)20)24-28-10-11-29-24/h4-14,18-19H,15-17,20H2,1-3H3,(H2,35,36,38,41);1-11,13-14H,12H2,(H,28,29)(H2,30,31,32,34). The number of carbonyl (C=O) groups is 2. The highest BCUT2D eigenvalue weighted by atomic mass is 32.1. The fraction of sp³-hybridized carbons (Fsp3) is 0.143. The molecule has 10 rings (SSSR count). The largest absolute Gasteiger partial charge is 0.453 e. The number of nitrogens with one attached hydrogen (secondary N) is 5. The van der Waals surface area contributed by atoms with Gasteiger partial charge in [0.05, 0.1) is 43.0 Å². The van der Waals surface area contributed by atoms with Crippen LogP contribution >= 0.6 is 47.1 Å². The molecule has 5 N–H and O–H groups in total. The third kappa shape index (κ3) is 14.9. The molecule has 15 nitrogen and oxygen atoms in total. The second kappa shape index (κ2) is 25.4. The number of fused-ring (bicyclic) bond motifs is 2. The number of H-pyrrole nitrogens is 1. The Morgan fingerprint density at radius 1 is 0.628 bits per heavy atom. The Morgan fingerprint density at radius 2 is 1.15 bits per heavy atom. The number of halogens is 2. The maximum absolute atomic E-state index is 15.1. The van der Waals surface area contributed by atoms with E-state index in [-0.39, 0.29) is 46.4 Å². The Balaban J connectivity index is 0.000000193. The van der Waals surface area contributed by atoms with E-state index in [2.05, 4.69) is 65.8 Å². The molecule has 4 aromatic carbocycles. The number of aromatic amines is 1. The molecule has 0 aliphatic carbocycles. The topological polar surface area (TPSA) is 182 Å². The van der Waals surface area contributed by atoms with Gasteiger partial charge in [-0.2, -0.15) is 0 Å². The van der Waals surface area contributed by atoms with Gasteiger partial charge in [0.2, 0.25) is 11.8 Å². The number of thiocarbonyl (C=S) groups is 2. The highest BCUT2D eigenvalue weighted by Gasteiger charge is 2.19. The summed E-state index contributed by atoms with van der Waals surface area (Å²) >= 11 is 13.3. The molecule has 0 radical (unpaired) electrons. The highest BCUT2D eigenvalue weighted by molar-refractivity contribution is 7.80. The molecular weight excluding hydrogens is 1090 g/mol. The zero-order valence-electron chi connectivity index (χ0n) is 42.2.